The molecule has 2 aromatic rings. The van der Waals surface area contributed by atoms with Crippen molar-refractivity contribution in [2.75, 3.05) is 11.1 Å². The number of benzene rings is 1. The molecule has 20 heavy (non-hydrogen) atoms. The van der Waals surface area contributed by atoms with Crippen molar-refractivity contribution in [1.29, 1.82) is 0 Å². The second-order valence-corrected chi connectivity index (χ2v) is 4.03. The molecule has 0 fully saturated rings. The molecule has 2 rings (SSSR count). The lowest BCUT2D eigenvalue weighted by molar-refractivity contribution is -0.116. The molecule has 0 aliphatic carbocycles. The summed E-state index contributed by atoms with van der Waals surface area (Å²) in [5, 5.41) is 2.51. The highest BCUT2D eigenvalue weighted by Crippen LogP contribution is 2.10. The third kappa shape index (κ3) is 3.10. The van der Waals surface area contributed by atoms with Gasteiger partial charge in [0.2, 0.25) is 11.7 Å². The van der Waals surface area contributed by atoms with Crippen LogP contribution in [0.25, 0.3) is 0 Å². The Labute approximate surface area is 111 Å². The predicted molar refractivity (Wildman–Crippen MR) is 70.8 cm³/mol. The Morgan fingerprint density at radius 1 is 1.30 bits per heavy atom. The molecule has 0 unspecified atom stereocenters. The van der Waals surface area contributed by atoms with E-state index in [0.29, 0.717) is 17.6 Å². The van der Waals surface area contributed by atoms with Crippen LogP contribution in [0.2, 0.25) is 0 Å². The summed E-state index contributed by atoms with van der Waals surface area (Å²) >= 11 is 0. The standard InChI is InChI=1S/C12H11FN4O3/c13-9-5-17(12(20)16-11(9)19)6-10(18)15-8-3-1-7(14)2-4-8/h1-5H,6,14H2,(H,15,18)(H,16,19,20). The summed E-state index contributed by atoms with van der Waals surface area (Å²) in [6, 6.07) is 6.37. The predicted octanol–water partition coefficient (Wildman–Crippen LogP) is -0.103. The van der Waals surface area contributed by atoms with E-state index in [1.165, 1.54) is 0 Å². The topological polar surface area (TPSA) is 110 Å². The van der Waals surface area contributed by atoms with E-state index >= 15 is 0 Å². The minimum atomic E-state index is -1.13. The molecule has 1 amide bonds. The average Bonchev–Trinajstić information content (AvgIpc) is 2.39. The number of nitrogens with one attached hydrogen (secondary N) is 2. The molecule has 0 saturated carbocycles. The van der Waals surface area contributed by atoms with E-state index in [1.54, 1.807) is 29.2 Å². The minimum absolute atomic E-state index is 0.420. The van der Waals surface area contributed by atoms with Crippen molar-refractivity contribution in [2.24, 2.45) is 0 Å². The molecule has 4 N–H and O–H groups in total. The van der Waals surface area contributed by atoms with Gasteiger partial charge < -0.3 is 11.1 Å². The van der Waals surface area contributed by atoms with Crippen LogP contribution in [-0.2, 0) is 11.3 Å². The maximum atomic E-state index is 13.0. The third-order valence-electron chi connectivity index (χ3n) is 2.48. The zero-order valence-electron chi connectivity index (χ0n) is 10.2. The van der Waals surface area contributed by atoms with Crippen LogP contribution in [0.5, 0.6) is 0 Å². The molecule has 0 saturated heterocycles. The van der Waals surface area contributed by atoms with Crippen LogP contribution in [0.3, 0.4) is 0 Å². The number of rotatable bonds is 3. The fourth-order valence-corrected chi connectivity index (χ4v) is 1.52. The zero-order chi connectivity index (χ0) is 14.7. The largest absolute Gasteiger partial charge is 0.399 e. The number of hydrogen-bond acceptors (Lipinski definition) is 4. The first kappa shape index (κ1) is 13.5. The van der Waals surface area contributed by atoms with E-state index < -0.39 is 29.5 Å². The van der Waals surface area contributed by atoms with Crippen LogP contribution in [0.15, 0.2) is 40.1 Å². The highest BCUT2D eigenvalue weighted by Gasteiger charge is 2.08. The molecule has 7 nitrogen and oxygen atoms in total. The lowest BCUT2D eigenvalue weighted by Gasteiger charge is -2.07. The maximum Gasteiger partial charge on any atom is 0.328 e. The number of halogens is 1. The van der Waals surface area contributed by atoms with Gasteiger partial charge in [0.25, 0.3) is 5.56 Å². The van der Waals surface area contributed by atoms with E-state index in [0.717, 1.165) is 4.57 Å². The van der Waals surface area contributed by atoms with Crippen molar-refractivity contribution >= 4 is 17.3 Å². The lowest BCUT2D eigenvalue weighted by atomic mass is 10.3. The number of aromatic amines is 1. The Morgan fingerprint density at radius 3 is 2.60 bits per heavy atom. The fourth-order valence-electron chi connectivity index (χ4n) is 1.52. The lowest BCUT2D eigenvalue weighted by Crippen LogP contribution is -2.34. The first-order valence-corrected chi connectivity index (χ1v) is 5.60. The van der Waals surface area contributed by atoms with Gasteiger partial charge in [-0.2, -0.15) is 4.39 Å². The van der Waals surface area contributed by atoms with Gasteiger partial charge in [-0.1, -0.05) is 0 Å². The minimum Gasteiger partial charge on any atom is -0.399 e. The van der Waals surface area contributed by atoms with Crippen molar-refractivity contribution in [2.45, 2.75) is 6.54 Å². The summed E-state index contributed by atoms with van der Waals surface area (Å²) in [4.78, 5) is 35.7. The molecule has 1 aromatic heterocycles. The number of nitrogen functional groups attached to an aromatic ring is 1. The van der Waals surface area contributed by atoms with Crippen LogP contribution >= 0.6 is 0 Å². The Hall–Kier alpha value is -2.90. The second kappa shape index (κ2) is 5.39. The van der Waals surface area contributed by atoms with Crippen molar-refractivity contribution in [1.82, 2.24) is 9.55 Å². The van der Waals surface area contributed by atoms with Gasteiger partial charge in [-0.05, 0) is 24.3 Å². The van der Waals surface area contributed by atoms with Gasteiger partial charge in [0.15, 0.2) is 0 Å². The molecular weight excluding hydrogens is 267 g/mol. The molecule has 0 aliphatic rings. The molecule has 0 atom stereocenters. The summed E-state index contributed by atoms with van der Waals surface area (Å²) in [5.41, 5.74) is 4.55. The van der Waals surface area contributed by atoms with Crippen LogP contribution in [0, 0.1) is 5.82 Å². The quantitative estimate of drug-likeness (QED) is 0.681. The Bertz CT molecular complexity index is 749. The van der Waals surface area contributed by atoms with E-state index in [1.807, 2.05) is 0 Å². The molecule has 0 radical (unpaired) electrons. The number of aromatic nitrogens is 2. The van der Waals surface area contributed by atoms with Crippen molar-refractivity contribution in [3.8, 4) is 0 Å². The number of H-pyrrole nitrogens is 1. The van der Waals surface area contributed by atoms with Crippen molar-refractivity contribution < 1.29 is 9.18 Å². The van der Waals surface area contributed by atoms with Gasteiger partial charge in [0, 0.05) is 11.4 Å². The number of nitrogens with zero attached hydrogens (tertiary/aromatic N) is 1. The Morgan fingerprint density at radius 2 is 1.95 bits per heavy atom. The van der Waals surface area contributed by atoms with Crippen LogP contribution in [-0.4, -0.2) is 15.5 Å². The molecule has 8 heteroatoms. The molecule has 1 heterocycles. The van der Waals surface area contributed by atoms with E-state index in [9.17, 15) is 18.8 Å². The van der Waals surface area contributed by atoms with Crippen molar-refractivity contribution in [3.63, 3.8) is 0 Å². The second-order valence-electron chi connectivity index (χ2n) is 4.03. The van der Waals surface area contributed by atoms with Gasteiger partial charge >= 0.3 is 5.69 Å². The Balaban J connectivity index is 2.12. The highest BCUT2D eigenvalue weighted by atomic mass is 19.1. The summed E-state index contributed by atoms with van der Waals surface area (Å²) in [7, 11) is 0. The summed E-state index contributed by atoms with van der Waals surface area (Å²) in [6.45, 7) is -0.420. The van der Waals surface area contributed by atoms with Gasteiger partial charge in [0.1, 0.15) is 6.54 Å². The summed E-state index contributed by atoms with van der Waals surface area (Å²) in [6.07, 6.45) is 0.684. The zero-order valence-corrected chi connectivity index (χ0v) is 10.2. The Kier molecular flexibility index (Phi) is 3.65. The normalized spacial score (nSPS) is 10.2. The summed E-state index contributed by atoms with van der Waals surface area (Å²) in [5.74, 6) is -1.67. The van der Waals surface area contributed by atoms with E-state index in [2.05, 4.69) is 5.32 Å². The monoisotopic (exact) mass is 278 g/mol. The summed E-state index contributed by atoms with van der Waals surface area (Å²) < 4.78 is 13.8. The fraction of sp³-hybridized carbons (Fsp3) is 0.0833. The average molecular weight is 278 g/mol. The number of hydrogen-bond donors (Lipinski definition) is 3. The first-order valence-electron chi connectivity index (χ1n) is 5.60. The van der Waals surface area contributed by atoms with Crippen LogP contribution in [0.1, 0.15) is 0 Å². The maximum absolute atomic E-state index is 13.0. The van der Waals surface area contributed by atoms with Gasteiger partial charge in [-0.15, -0.1) is 0 Å². The number of anilines is 2. The van der Waals surface area contributed by atoms with Crippen molar-refractivity contribution in [3.05, 3.63) is 57.1 Å². The molecule has 1 aromatic carbocycles. The smallest absolute Gasteiger partial charge is 0.328 e. The number of amides is 1. The highest BCUT2D eigenvalue weighted by molar-refractivity contribution is 5.90. The van der Waals surface area contributed by atoms with Gasteiger partial charge in [-0.3, -0.25) is 19.1 Å². The van der Waals surface area contributed by atoms with Gasteiger partial charge in [-0.25, -0.2) is 4.79 Å². The number of nitrogens with two attached hydrogens (primary N) is 1. The molecule has 0 spiro atoms. The van der Waals surface area contributed by atoms with E-state index in [-0.39, 0.29) is 0 Å². The number of carbonyl (C=O) groups is 1. The number of carbonyl (C=O) groups excluding carboxylic acids is 1. The van der Waals surface area contributed by atoms with E-state index in [4.69, 9.17) is 5.73 Å². The SMILES string of the molecule is Nc1ccc(NC(=O)Cn2cc(F)c(=O)[nH]c2=O)cc1. The molecule has 0 aliphatic heterocycles. The van der Waals surface area contributed by atoms with Crippen LogP contribution in [0.4, 0.5) is 15.8 Å². The molecular formula is C12H11FN4O3. The van der Waals surface area contributed by atoms with Crippen LogP contribution < -0.4 is 22.3 Å². The molecule has 0 bridgehead atoms. The first-order chi connectivity index (χ1) is 9.45. The third-order valence-corrected chi connectivity index (χ3v) is 2.48. The molecule has 104 valence electrons. The van der Waals surface area contributed by atoms with Gasteiger partial charge in [0.05, 0.1) is 6.20 Å².